The van der Waals surface area contributed by atoms with Crippen molar-refractivity contribution >= 4 is 0 Å². The molecule has 0 amide bonds. The standard InChI is InChI=1S/C10H20F2N2O/c11-10(12)7-14(5-6-15)9-4-2-1-3-8(9)13/h8-10,15H,1-7,13H2. The van der Waals surface area contributed by atoms with Gasteiger partial charge in [-0.15, -0.1) is 0 Å². The van der Waals surface area contributed by atoms with E-state index in [9.17, 15) is 8.78 Å². The van der Waals surface area contributed by atoms with Gasteiger partial charge in [0.2, 0.25) is 0 Å². The minimum atomic E-state index is -2.36. The second-order valence-corrected chi connectivity index (χ2v) is 4.13. The first-order valence-corrected chi connectivity index (χ1v) is 5.53. The average Bonchev–Trinajstić information content (AvgIpc) is 2.17. The van der Waals surface area contributed by atoms with E-state index in [-0.39, 0.29) is 25.2 Å². The summed E-state index contributed by atoms with van der Waals surface area (Å²) in [6.07, 6.45) is 1.54. The van der Waals surface area contributed by atoms with Gasteiger partial charge < -0.3 is 10.8 Å². The molecular weight excluding hydrogens is 202 g/mol. The molecule has 3 nitrogen and oxygen atoms in total. The molecule has 90 valence electrons. The summed E-state index contributed by atoms with van der Waals surface area (Å²) >= 11 is 0. The van der Waals surface area contributed by atoms with E-state index >= 15 is 0 Å². The molecule has 3 N–H and O–H groups in total. The predicted octanol–water partition coefficient (Wildman–Crippen LogP) is 0.816. The fourth-order valence-electron chi connectivity index (χ4n) is 2.29. The Morgan fingerprint density at radius 3 is 2.53 bits per heavy atom. The van der Waals surface area contributed by atoms with Crippen LogP contribution >= 0.6 is 0 Å². The lowest BCUT2D eigenvalue weighted by atomic mass is 9.90. The van der Waals surface area contributed by atoms with E-state index in [1.54, 1.807) is 4.90 Å². The highest BCUT2D eigenvalue weighted by Crippen LogP contribution is 2.22. The predicted molar refractivity (Wildman–Crippen MR) is 54.9 cm³/mol. The van der Waals surface area contributed by atoms with E-state index in [2.05, 4.69) is 0 Å². The third kappa shape index (κ3) is 4.01. The quantitative estimate of drug-likeness (QED) is 0.724. The van der Waals surface area contributed by atoms with Crippen molar-refractivity contribution in [3.63, 3.8) is 0 Å². The van der Waals surface area contributed by atoms with Crippen LogP contribution < -0.4 is 5.73 Å². The maximum atomic E-state index is 12.3. The summed E-state index contributed by atoms with van der Waals surface area (Å²) in [5.74, 6) is 0. The Morgan fingerprint density at radius 2 is 2.00 bits per heavy atom. The van der Waals surface area contributed by atoms with Crippen molar-refractivity contribution < 1.29 is 13.9 Å². The molecule has 0 radical (unpaired) electrons. The molecule has 0 saturated heterocycles. The first kappa shape index (κ1) is 12.8. The number of rotatable bonds is 5. The summed E-state index contributed by atoms with van der Waals surface area (Å²) in [6, 6.07) is -0.0102. The zero-order chi connectivity index (χ0) is 11.3. The molecule has 0 bridgehead atoms. The number of halogens is 2. The number of hydrogen-bond donors (Lipinski definition) is 2. The zero-order valence-corrected chi connectivity index (χ0v) is 8.91. The lowest BCUT2D eigenvalue weighted by molar-refractivity contribution is 0.0379. The monoisotopic (exact) mass is 222 g/mol. The van der Waals surface area contributed by atoms with Crippen molar-refractivity contribution in [1.82, 2.24) is 4.90 Å². The van der Waals surface area contributed by atoms with E-state index in [0.29, 0.717) is 6.54 Å². The molecule has 0 heterocycles. The number of aliphatic hydroxyl groups excluding tert-OH is 1. The van der Waals surface area contributed by atoms with Gasteiger partial charge in [0.25, 0.3) is 6.43 Å². The van der Waals surface area contributed by atoms with Crippen molar-refractivity contribution in [2.45, 2.75) is 44.2 Å². The van der Waals surface area contributed by atoms with Gasteiger partial charge >= 0.3 is 0 Å². The molecule has 1 aliphatic carbocycles. The summed E-state index contributed by atoms with van der Waals surface area (Å²) in [5, 5.41) is 8.84. The van der Waals surface area contributed by atoms with E-state index in [1.165, 1.54) is 0 Å². The second kappa shape index (κ2) is 6.35. The minimum Gasteiger partial charge on any atom is -0.395 e. The molecule has 5 heteroatoms. The fourth-order valence-corrected chi connectivity index (χ4v) is 2.29. The Hall–Kier alpha value is -0.260. The molecule has 0 spiro atoms. The molecule has 15 heavy (non-hydrogen) atoms. The van der Waals surface area contributed by atoms with Gasteiger partial charge in [-0.25, -0.2) is 8.78 Å². The van der Waals surface area contributed by atoms with E-state index in [0.717, 1.165) is 25.7 Å². The number of alkyl halides is 2. The molecule has 2 unspecified atom stereocenters. The van der Waals surface area contributed by atoms with Gasteiger partial charge in [0.1, 0.15) is 0 Å². The average molecular weight is 222 g/mol. The second-order valence-electron chi connectivity index (χ2n) is 4.13. The highest BCUT2D eigenvalue weighted by Gasteiger charge is 2.28. The maximum absolute atomic E-state index is 12.3. The summed E-state index contributed by atoms with van der Waals surface area (Å²) in [6.45, 7) is -0.0719. The summed E-state index contributed by atoms with van der Waals surface area (Å²) in [5.41, 5.74) is 5.92. The summed E-state index contributed by atoms with van der Waals surface area (Å²) in [4.78, 5) is 1.63. The lowest BCUT2D eigenvalue weighted by Crippen LogP contribution is -2.51. The molecule has 0 aromatic carbocycles. The largest absolute Gasteiger partial charge is 0.395 e. The molecule has 1 aliphatic rings. The molecule has 0 aliphatic heterocycles. The Kier molecular flexibility index (Phi) is 5.42. The highest BCUT2D eigenvalue weighted by molar-refractivity contribution is 4.86. The smallest absolute Gasteiger partial charge is 0.251 e. The van der Waals surface area contributed by atoms with Gasteiger partial charge in [-0.05, 0) is 12.8 Å². The number of hydrogen-bond acceptors (Lipinski definition) is 3. The Balaban J connectivity index is 2.51. The van der Waals surface area contributed by atoms with Gasteiger partial charge in [0.05, 0.1) is 13.2 Å². The van der Waals surface area contributed by atoms with E-state index in [4.69, 9.17) is 10.8 Å². The molecule has 0 aromatic rings. The molecular formula is C10H20F2N2O. The van der Waals surface area contributed by atoms with Crippen LogP contribution in [0, 0.1) is 0 Å². The number of nitrogens with two attached hydrogens (primary N) is 1. The summed E-state index contributed by atoms with van der Waals surface area (Å²) < 4.78 is 24.7. The van der Waals surface area contributed by atoms with Crippen LogP contribution in [0.1, 0.15) is 25.7 Å². The molecule has 1 fully saturated rings. The van der Waals surface area contributed by atoms with Crippen molar-refractivity contribution in [2.24, 2.45) is 5.73 Å². The van der Waals surface area contributed by atoms with Crippen LogP contribution in [0.5, 0.6) is 0 Å². The minimum absolute atomic E-state index is 0.0138. The molecule has 1 saturated carbocycles. The summed E-state index contributed by atoms with van der Waals surface area (Å²) in [7, 11) is 0. The van der Waals surface area contributed by atoms with Crippen molar-refractivity contribution in [1.29, 1.82) is 0 Å². The Bertz CT molecular complexity index is 181. The third-order valence-corrected chi connectivity index (χ3v) is 3.01. The van der Waals surface area contributed by atoms with E-state index < -0.39 is 6.43 Å². The number of aliphatic hydroxyl groups is 1. The molecule has 1 rings (SSSR count). The van der Waals surface area contributed by atoms with Crippen LogP contribution in [0.3, 0.4) is 0 Å². The van der Waals surface area contributed by atoms with Crippen LogP contribution in [0.4, 0.5) is 8.78 Å². The van der Waals surface area contributed by atoms with Crippen molar-refractivity contribution in [3.8, 4) is 0 Å². The van der Waals surface area contributed by atoms with Crippen LogP contribution in [0.2, 0.25) is 0 Å². The normalized spacial score (nSPS) is 27.6. The topological polar surface area (TPSA) is 49.5 Å². The molecule has 0 aromatic heterocycles. The first-order chi connectivity index (χ1) is 7.15. The lowest BCUT2D eigenvalue weighted by Gasteiger charge is -2.37. The van der Waals surface area contributed by atoms with E-state index in [1.807, 2.05) is 0 Å². The highest BCUT2D eigenvalue weighted by atomic mass is 19.3. The van der Waals surface area contributed by atoms with Crippen LogP contribution in [0.25, 0.3) is 0 Å². The van der Waals surface area contributed by atoms with Gasteiger partial charge in [-0.3, -0.25) is 4.90 Å². The first-order valence-electron chi connectivity index (χ1n) is 5.53. The van der Waals surface area contributed by atoms with Gasteiger partial charge in [0.15, 0.2) is 0 Å². The zero-order valence-electron chi connectivity index (χ0n) is 8.91. The van der Waals surface area contributed by atoms with Gasteiger partial charge in [0, 0.05) is 18.6 Å². The van der Waals surface area contributed by atoms with Gasteiger partial charge in [-0.1, -0.05) is 12.8 Å². The van der Waals surface area contributed by atoms with Crippen LogP contribution in [-0.4, -0.2) is 48.2 Å². The van der Waals surface area contributed by atoms with Gasteiger partial charge in [-0.2, -0.15) is 0 Å². The SMILES string of the molecule is NC1CCCCC1N(CCO)CC(F)F. The third-order valence-electron chi connectivity index (χ3n) is 3.01. The number of nitrogens with zero attached hydrogens (tertiary/aromatic N) is 1. The Labute approximate surface area is 89.2 Å². The van der Waals surface area contributed by atoms with Crippen molar-refractivity contribution in [3.05, 3.63) is 0 Å². The van der Waals surface area contributed by atoms with Crippen LogP contribution in [0.15, 0.2) is 0 Å². The Morgan fingerprint density at radius 1 is 1.33 bits per heavy atom. The molecule has 2 atom stereocenters. The fraction of sp³-hybridized carbons (Fsp3) is 1.00. The maximum Gasteiger partial charge on any atom is 0.251 e. The van der Waals surface area contributed by atoms with Crippen LogP contribution in [-0.2, 0) is 0 Å². The van der Waals surface area contributed by atoms with Crippen molar-refractivity contribution in [2.75, 3.05) is 19.7 Å².